The zero-order valence-corrected chi connectivity index (χ0v) is 18.4. The van der Waals surface area contributed by atoms with E-state index in [0.717, 1.165) is 11.6 Å². The number of halogens is 2. The Kier molecular flexibility index (Phi) is 6.82. The standard InChI is InChI=1S/C22H20ClFN2O4S/c1-3-30-21-10-7-15(12-20(21)24)25-22(27)18-13-17(8-9-19(18)23)31(28,29)26-16-6-4-5-14(2)11-16/h4-13,26H,3H2,1-2H3,(H,25,27). The monoisotopic (exact) mass is 462 g/mol. The Bertz CT molecular complexity index is 1230. The molecule has 3 aromatic carbocycles. The van der Waals surface area contributed by atoms with Crippen LogP contribution >= 0.6 is 11.6 Å². The summed E-state index contributed by atoms with van der Waals surface area (Å²) in [6, 6.07) is 14.6. The largest absolute Gasteiger partial charge is 0.491 e. The summed E-state index contributed by atoms with van der Waals surface area (Å²) in [6.45, 7) is 3.87. The molecule has 0 saturated heterocycles. The number of ether oxygens (including phenoxy) is 1. The quantitative estimate of drug-likeness (QED) is 0.503. The van der Waals surface area contributed by atoms with E-state index in [1.54, 1.807) is 25.1 Å². The Balaban J connectivity index is 1.85. The summed E-state index contributed by atoms with van der Waals surface area (Å²) in [5.41, 5.74) is 1.39. The number of nitrogens with one attached hydrogen (secondary N) is 2. The highest BCUT2D eigenvalue weighted by Crippen LogP contribution is 2.25. The maximum Gasteiger partial charge on any atom is 0.261 e. The lowest BCUT2D eigenvalue weighted by molar-refractivity contribution is 0.102. The van der Waals surface area contributed by atoms with Gasteiger partial charge in [-0.15, -0.1) is 0 Å². The van der Waals surface area contributed by atoms with Crippen molar-refractivity contribution in [1.29, 1.82) is 0 Å². The second kappa shape index (κ2) is 9.36. The SMILES string of the molecule is CCOc1ccc(NC(=O)c2cc(S(=O)(=O)Nc3cccc(C)c3)ccc2Cl)cc1F. The Morgan fingerprint density at radius 3 is 2.52 bits per heavy atom. The van der Waals surface area contributed by atoms with Crippen LogP contribution in [-0.2, 0) is 10.0 Å². The summed E-state index contributed by atoms with van der Waals surface area (Å²) in [7, 11) is -3.96. The number of sulfonamides is 1. The van der Waals surface area contributed by atoms with Gasteiger partial charge in [-0.3, -0.25) is 9.52 Å². The summed E-state index contributed by atoms with van der Waals surface area (Å²) < 4.78 is 47.1. The second-order valence-corrected chi connectivity index (χ2v) is 8.74. The van der Waals surface area contributed by atoms with Crippen molar-refractivity contribution >= 4 is 38.9 Å². The van der Waals surface area contributed by atoms with Crippen LogP contribution in [-0.4, -0.2) is 20.9 Å². The summed E-state index contributed by atoms with van der Waals surface area (Å²) in [5.74, 6) is -1.25. The van der Waals surface area contributed by atoms with Crippen molar-refractivity contribution in [1.82, 2.24) is 0 Å². The molecular weight excluding hydrogens is 443 g/mol. The third-order valence-corrected chi connectivity index (χ3v) is 5.96. The van der Waals surface area contributed by atoms with E-state index in [-0.39, 0.29) is 26.9 Å². The van der Waals surface area contributed by atoms with E-state index in [0.29, 0.717) is 12.3 Å². The summed E-state index contributed by atoms with van der Waals surface area (Å²) in [6.07, 6.45) is 0. The number of amides is 1. The normalized spacial score (nSPS) is 11.1. The molecule has 0 fully saturated rings. The highest BCUT2D eigenvalue weighted by atomic mass is 35.5. The van der Waals surface area contributed by atoms with E-state index in [9.17, 15) is 17.6 Å². The number of hydrogen-bond donors (Lipinski definition) is 2. The van der Waals surface area contributed by atoms with Crippen LogP contribution in [0.2, 0.25) is 5.02 Å². The molecule has 0 spiro atoms. The van der Waals surface area contributed by atoms with Crippen LogP contribution < -0.4 is 14.8 Å². The molecule has 31 heavy (non-hydrogen) atoms. The van der Waals surface area contributed by atoms with Crippen LogP contribution in [0.1, 0.15) is 22.8 Å². The van der Waals surface area contributed by atoms with Crippen molar-refractivity contribution in [2.24, 2.45) is 0 Å². The molecule has 0 aromatic heterocycles. The molecular formula is C22H20ClFN2O4S. The molecule has 0 bridgehead atoms. The molecule has 2 N–H and O–H groups in total. The van der Waals surface area contributed by atoms with Gasteiger partial charge in [0.25, 0.3) is 15.9 Å². The minimum atomic E-state index is -3.96. The Morgan fingerprint density at radius 2 is 1.84 bits per heavy atom. The molecule has 1 amide bonds. The minimum Gasteiger partial charge on any atom is -0.491 e. The molecule has 0 aliphatic rings. The van der Waals surface area contributed by atoms with Crippen LogP contribution in [0, 0.1) is 12.7 Å². The fourth-order valence-corrected chi connectivity index (χ4v) is 4.10. The van der Waals surface area contributed by atoms with E-state index >= 15 is 0 Å². The molecule has 0 aliphatic heterocycles. The number of carbonyl (C=O) groups is 1. The fourth-order valence-electron chi connectivity index (χ4n) is 2.82. The van der Waals surface area contributed by atoms with Crippen molar-refractivity contribution < 1.29 is 22.3 Å². The van der Waals surface area contributed by atoms with E-state index in [4.69, 9.17) is 16.3 Å². The predicted octanol–water partition coefficient (Wildman–Crippen LogP) is 5.24. The van der Waals surface area contributed by atoms with Crippen LogP contribution in [0.5, 0.6) is 5.75 Å². The van der Waals surface area contributed by atoms with E-state index in [1.807, 2.05) is 13.0 Å². The van der Waals surface area contributed by atoms with E-state index < -0.39 is 21.7 Å². The maximum absolute atomic E-state index is 14.0. The van der Waals surface area contributed by atoms with E-state index in [1.165, 1.54) is 30.3 Å². The maximum atomic E-state index is 14.0. The number of carbonyl (C=O) groups excluding carboxylic acids is 1. The first-order chi connectivity index (χ1) is 14.7. The van der Waals surface area contributed by atoms with Crippen LogP contribution in [0.4, 0.5) is 15.8 Å². The van der Waals surface area contributed by atoms with Crippen molar-refractivity contribution in [3.05, 3.63) is 82.6 Å². The molecule has 3 rings (SSSR count). The lowest BCUT2D eigenvalue weighted by atomic mass is 10.2. The van der Waals surface area contributed by atoms with Crippen LogP contribution in [0.25, 0.3) is 0 Å². The molecule has 9 heteroatoms. The molecule has 3 aromatic rings. The van der Waals surface area contributed by atoms with Gasteiger partial charge in [0, 0.05) is 17.4 Å². The molecule has 0 atom stereocenters. The number of rotatable bonds is 7. The summed E-state index contributed by atoms with van der Waals surface area (Å²) in [5, 5.41) is 2.56. The van der Waals surface area contributed by atoms with Gasteiger partial charge in [0.15, 0.2) is 11.6 Å². The van der Waals surface area contributed by atoms with Gasteiger partial charge in [-0.2, -0.15) is 0 Å². The zero-order valence-electron chi connectivity index (χ0n) is 16.8. The van der Waals surface area contributed by atoms with Gasteiger partial charge in [-0.1, -0.05) is 23.7 Å². The van der Waals surface area contributed by atoms with Gasteiger partial charge < -0.3 is 10.1 Å². The number of aryl methyl sites for hydroxylation is 1. The lowest BCUT2D eigenvalue weighted by Crippen LogP contribution is -2.16. The predicted molar refractivity (Wildman–Crippen MR) is 119 cm³/mol. The van der Waals surface area contributed by atoms with Crippen LogP contribution in [0.3, 0.4) is 0 Å². The van der Waals surface area contributed by atoms with Crippen molar-refractivity contribution in [2.45, 2.75) is 18.7 Å². The lowest BCUT2D eigenvalue weighted by Gasteiger charge is -2.12. The fraction of sp³-hybridized carbons (Fsp3) is 0.136. The molecule has 0 heterocycles. The van der Waals surface area contributed by atoms with Gasteiger partial charge in [0.2, 0.25) is 0 Å². The third-order valence-electron chi connectivity index (χ3n) is 4.25. The number of benzene rings is 3. The summed E-state index contributed by atoms with van der Waals surface area (Å²) in [4.78, 5) is 12.5. The number of anilines is 2. The third kappa shape index (κ3) is 5.53. The molecule has 0 aliphatic carbocycles. The molecule has 0 radical (unpaired) electrons. The van der Waals surface area contributed by atoms with E-state index in [2.05, 4.69) is 10.0 Å². The molecule has 6 nitrogen and oxygen atoms in total. The average Bonchev–Trinajstić information content (AvgIpc) is 2.70. The zero-order chi connectivity index (χ0) is 22.6. The Hall–Kier alpha value is -3.10. The van der Waals surface area contributed by atoms with Gasteiger partial charge in [0.05, 0.1) is 22.1 Å². The van der Waals surface area contributed by atoms with Crippen LogP contribution in [0.15, 0.2) is 65.6 Å². The minimum absolute atomic E-state index is 0.0541. The van der Waals surface area contributed by atoms with Gasteiger partial charge in [0.1, 0.15) is 0 Å². The Morgan fingerprint density at radius 1 is 1.06 bits per heavy atom. The van der Waals surface area contributed by atoms with Gasteiger partial charge in [-0.05, 0) is 61.9 Å². The topological polar surface area (TPSA) is 84.5 Å². The van der Waals surface area contributed by atoms with Gasteiger partial charge in [-0.25, -0.2) is 12.8 Å². The van der Waals surface area contributed by atoms with Crippen molar-refractivity contribution in [3.8, 4) is 5.75 Å². The Labute approximate surface area is 185 Å². The van der Waals surface area contributed by atoms with Crippen molar-refractivity contribution in [3.63, 3.8) is 0 Å². The highest BCUT2D eigenvalue weighted by molar-refractivity contribution is 7.92. The number of hydrogen-bond acceptors (Lipinski definition) is 4. The molecule has 0 unspecified atom stereocenters. The van der Waals surface area contributed by atoms with Gasteiger partial charge >= 0.3 is 0 Å². The smallest absolute Gasteiger partial charge is 0.261 e. The molecule has 0 saturated carbocycles. The molecule has 162 valence electrons. The first kappa shape index (κ1) is 22.6. The second-order valence-electron chi connectivity index (χ2n) is 6.65. The average molecular weight is 463 g/mol. The van der Waals surface area contributed by atoms with Crippen molar-refractivity contribution in [2.75, 3.05) is 16.6 Å². The summed E-state index contributed by atoms with van der Waals surface area (Å²) >= 11 is 6.12. The first-order valence-electron chi connectivity index (χ1n) is 9.32. The highest BCUT2D eigenvalue weighted by Gasteiger charge is 2.19. The first-order valence-corrected chi connectivity index (χ1v) is 11.2.